The van der Waals surface area contributed by atoms with Crippen molar-refractivity contribution in [1.29, 1.82) is 0 Å². The molecule has 9 nitrogen and oxygen atoms in total. The maximum Gasteiger partial charge on any atom is 0.335 e. The van der Waals surface area contributed by atoms with Crippen molar-refractivity contribution >= 4 is 34.6 Å². The molecule has 2 fully saturated rings. The Morgan fingerprint density at radius 3 is 2.29 bits per heavy atom. The average Bonchev–Trinajstić information content (AvgIpc) is 3.50. The van der Waals surface area contributed by atoms with Crippen molar-refractivity contribution in [3.63, 3.8) is 0 Å². The van der Waals surface area contributed by atoms with Crippen LogP contribution in [0.15, 0.2) is 54.6 Å². The molecule has 1 atom stereocenters. The van der Waals surface area contributed by atoms with Crippen molar-refractivity contribution in [3.8, 4) is 28.4 Å². The highest BCUT2D eigenvalue weighted by molar-refractivity contribution is 6.33. The molecule has 6 rings (SSSR count). The van der Waals surface area contributed by atoms with Crippen LogP contribution < -0.4 is 4.74 Å². The minimum Gasteiger partial charge on any atom is -0.478 e. The van der Waals surface area contributed by atoms with Crippen LogP contribution in [0.5, 0.6) is 6.01 Å². The summed E-state index contributed by atoms with van der Waals surface area (Å²) in [4.78, 5) is 37.6. The molecule has 0 radical (unpaired) electrons. The number of aliphatic hydroxyl groups is 1. The summed E-state index contributed by atoms with van der Waals surface area (Å²) in [5.41, 5.74) is 4.63. The number of imidazole rings is 1. The van der Waals surface area contributed by atoms with E-state index >= 15 is 0 Å². The van der Waals surface area contributed by atoms with Crippen molar-refractivity contribution in [2.45, 2.75) is 31.5 Å². The number of carboxylic acid groups (broad SMARTS) is 1. The van der Waals surface area contributed by atoms with Crippen LogP contribution >= 0.6 is 11.6 Å². The number of nitrogens with one attached hydrogen (secondary N) is 1. The lowest BCUT2D eigenvalue weighted by molar-refractivity contribution is -0.140. The SMILES string of the molecule is O=C(O)c1ccc(-c2ccc(-c3nc4nc(O[C@H]5C[C@@H](C(=O)N6CC[C@H](O)C6)C5)[nH]c4cc3Cl)cc2)cc1. The Morgan fingerprint density at radius 1 is 1.00 bits per heavy atom. The molecule has 0 spiro atoms. The van der Waals surface area contributed by atoms with Crippen molar-refractivity contribution < 1.29 is 24.5 Å². The van der Waals surface area contributed by atoms with E-state index in [1.54, 1.807) is 35.2 Å². The Labute approximate surface area is 223 Å². The standard InChI is InChI=1S/C28H25ClN4O5/c29-22-13-23-25(32-28(30-23)38-21-11-19(12-21)26(35)33-10-9-20(34)14-33)31-24(22)17-5-1-15(2-6-17)16-3-7-18(8-4-16)27(36)37/h1-8,13,19-21,34H,9-12,14H2,(H,36,37)(H,30,31,32)/t19-,20-,21+/m0/s1. The zero-order valence-corrected chi connectivity index (χ0v) is 21.1. The summed E-state index contributed by atoms with van der Waals surface area (Å²) in [5.74, 6) is -0.944. The number of aromatic amines is 1. The number of β-amino-alcohol motifs (C(OH)–C–C–N with tert-alkyl or cyclic N) is 1. The second-order valence-electron chi connectivity index (χ2n) is 9.83. The number of ether oxygens (including phenoxy) is 1. The first kappa shape index (κ1) is 24.4. The third-order valence-electron chi connectivity index (χ3n) is 7.23. The Bertz CT molecular complexity index is 1510. The number of carbonyl (C=O) groups is 2. The lowest BCUT2D eigenvalue weighted by atomic mass is 9.81. The van der Waals surface area contributed by atoms with Crippen molar-refractivity contribution in [3.05, 3.63) is 65.2 Å². The summed E-state index contributed by atoms with van der Waals surface area (Å²) < 4.78 is 5.97. The van der Waals surface area contributed by atoms with Crippen molar-refractivity contribution in [2.75, 3.05) is 13.1 Å². The molecule has 1 saturated heterocycles. The number of likely N-dealkylation sites (tertiary alicyclic amines) is 1. The number of halogens is 1. The summed E-state index contributed by atoms with van der Waals surface area (Å²) in [5, 5.41) is 19.2. The van der Waals surface area contributed by atoms with Gasteiger partial charge in [0.25, 0.3) is 6.01 Å². The number of fused-ring (bicyclic) bond motifs is 1. The van der Waals surface area contributed by atoms with E-state index < -0.39 is 12.1 Å². The van der Waals surface area contributed by atoms with E-state index in [0.29, 0.717) is 60.2 Å². The Kier molecular flexibility index (Phi) is 6.25. The van der Waals surface area contributed by atoms with Gasteiger partial charge in [0.15, 0.2) is 5.65 Å². The van der Waals surface area contributed by atoms with Gasteiger partial charge in [-0.3, -0.25) is 4.79 Å². The van der Waals surface area contributed by atoms with Crippen molar-refractivity contribution in [1.82, 2.24) is 19.9 Å². The molecule has 10 heteroatoms. The number of nitrogens with zero attached hydrogens (tertiary/aromatic N) is 3. The zero-order chi connectivity index (χ0) is 26.4. The van der Waals surface area contributed by atoms with Crippen LogP contribution in [-0.2, 0) is 4.79 Å². The van der Waals surface area contributed by atoms with E-state index in [-0.39, 0.29) is 23.5 Å². The molecule has 2 aromatic heterocycles. The van der Waals surface area contributed by atoms with Gasteiger partial charge in [-0.2, -0.15) is 4.98 Å². The van der Waals surface area contributed by atoms with Crippen LogP contribution in [0.25, 0.3) is 33.5 Å². The van der Waals surface area contributed by atoms with E-state index in [4.69, 9.17) is 21.4 Å². The highest BCUT2D eigenvalue weighted by atomic mass is 35.5. The van der Waals surface area contributed by atoms with Gasteiger partial charge in [-0.15, -0.1) is 0 Å². The zero-order valence-electron chi connectivity index (χ0n) is 20.3. The first-order valence-electron chi connectivity index (χ1n) is 12.5. The summed E-state index contributed by atoms with van der Waals surface area (Å²) in [6.07, 6.45) is 1.35. The summed E-state index contributed by atoms with van der Waals surface area (Å²) in [6, 6.07) is 16.5. The molecular formula is C28H25ClN4O5. The van der Waals surface area contributed by atoms with Crippen LogP contribution in [0.2, 0.25) is 5.02 Å². The third-order valence-corrected chi connectivity index (χ3v) is 7.51. The van der Waals surface area contributed by atoms with E-state index in [1.165, 1.54) is 0 Å². The van der Waals surface area contributed by atoms with Gasteiger partial charge in [-0.05, 0) is 48.6 Å². The van der Waals surface area contributed by atoms with Gasteiger partial charge in [0.05, 0.1) is 27.9 Å². The van der Waals surface area contributed by atoms with Crippen LogP contribution in [0.3, 0.4) is 0 Å². The average molecular weight is 533 g/mol. The normalized spacial score (nSPS) is 20.9. The monoisotopic (exact) mass is 532 g/mol. The number of carboxylic acids is 1. The number of aromatic carboxylic acids is 1. The molecule has 1 amide bonds. The molecule has 2 aromatic carbocycles. The number of hydrogen-bond acceptors (Lipinski definition) is 6. The molecule has 4 aromatic rings. The fourth-order valence-electron chi connectivity index (χ4n) is 5.00. The quantitative estimate of drug-likeness (QED) is 0.336. The predicted octanol–water partition coefficient (Wildman–Crippen LogP) is 4.39. The number of pyridine rings is 1. The number of rotatable bonds is 6. The van der Waals surface area contributed by atoms with Crippen molar-refractivity contribution in [2.24, 2.45) is 5.92 Å². The highest BCUT2D eigenvalue weighted by Gasteiger charge is 2.40. The van der Waals surface area contributed by atoms with E-state index in [0.717, 1.165) is 16.7 Å². The lowest BCUT2D eigenvalue weighted by Gasteiger charge is -2.35. The predicted molar refractivity (Wildman–Crippen MR) is 141 cm³/mol. The minimum atomic E-state index is -0.957. The molecule has 1 saturated carbocycles. The fourth-order valence-corrected chi connectivity index (χ4v) is 5.26. The first-order chi connectivity index (χ1) is 18.3. The molecule has 0 bridgehead atoms. The molecule has 3 heterocycles. The molecule has 3 N–H and O–H groups in total. The second kappa shape index (κ2) is 9.74. The highest BCUT2D eigenvalue weighted by Crippen LogP contribution is 2.35. The fraction of sp³-hybridized carbons (Fsp3) is 0.286. The molecule has 2 aliphatic rings. The van der Waals surface area contributed by atoms with Gasteiger partial charge in [0.2, 0.25) is 5.91 Å². The summed E-state index contributed by atoms with van der Waals surface area (Å²) in [7, 11) is 0. The Balaban J connectivity index is 1.13. The van der Waals surface area contributed by atoms with Crippen LogP contribution in [0, 0.1) is 5.92 Å². The number of aromatic nitrogens is 3. The van der Waals surface area contributed by atoms with Gasteiger partial charge in [0, 0.05) is 24.6 Å². The Morgan fingerprint density at radius 2 is 1.66 bits per heavy atom. The molecule has 194 valence electrons. The number of aliphatic hydroxyl groups excluding tert-OH is 1. The van der Waals surface area contributed by atoms with Gasteiger partial charge in [-0.25, -0.2) is 9.78 Å². The summed E-state index contributed by atoms with van der Waals surface area (Å²) >= 11 is 6.55. The number of benzene rings is 2. The topological polar surface area (TPSA) is 129 Å². The van der Waals surface area contributed by atoms with Crippen LogP contribution in [0.4, 0.5) is 0 Å². The van der Waals surface area contributed by atoms with Gasteiger partial charge >= 0.3 is 5.97 Å². The minimum absolute atomic E-state index is 0.0769. The maximum atomic E-state index is 12.6. The number of carbonyl (C=O) groups excluding carboxylic acids is 1. The third kappa shape index (κ3) is 4.70. The lowest BCUT2D eigenvalue weighted by Crippen LogP contribution is -2.45. The second-order valence-corrected chi connectivity index (χ2v) is 10.2. The number of amides is 1. The first-order valence-corrected chi connectivity index (χ1v) is 12.9. The molecule has 1 aliphatic heterocycles. The van der Waals surface area contributed by atoms with E-state index in [9.17, 15) is 14.7 Å². The Hall–Kier alpha value is -3.95. The largest absolute Gasteiger partial charge is 0.478 e. The van der Waals surface area contributed by atoms with Gasteiger partial charge in [0.1, 0.15) is 6.10 Å². The smallest absolute Gasteiger partial charge is 0.335 e. The van der Waals surface area contributed by atoms with E-state index in [1.807, 2.05) is 24.3 Å². The van der Waals surface area contributed by atoms with Crippen LogP contribution in [0.1, 0.15) is 29.6 Å². The summed E-state index contributed by atoms with van der Waals surface area (Å²) in [6.45, 7) is 1.03. The molecule has 1 aliphatic carbocycles. The van der Waals surface area contributed by atoms with Gasteiger partial charge < -0.3 is 24.8 Å². The number of hydrogen-bond donors (Lipinski definition) is 3. The van der Waals surface area contributed by atoms with Crippen LogP contribution in [-0.4, -0.2) is 67.2 Å². The maximum absolute atomic E-state index is 12.6. The molecule has 38 heavy (non-hydrogen) atoms. The van der Waals surface area contributed by atoms with E-state index in [2.05, 4.69) is 15.0 Å². The molecular weight excluding hydrogens is 508 g/mol. The number of H-pyrrole nitrogens is 1. The van der Waals surface area contributed by atoms with Gasteiger partial charge in [-0.1, -0.05) is 48.0 Å². The molecule has 0 unspecified atom stereocenters.